The summed E-state index contributed by atoms with van der Waals surface area (Å²) in [5.41, 5.74) is 7.46. The van der Waals surface area contributed by atoms with Gasteiger partial charge in [-0.05, 0) is 42.5 Å². The van der Waals surface area contributed by atoms with Crippen molar-refractivity contribution in [3.8, 4) is 0 Å². The topological polar surface area (TPSA) is 58.4 Å². The zero-order chi connectivity index (χ0) is 13.2. The fraction of sp³-hybridized carbons (Fsp3) is 0.500. The van der Waals surface area contributed by atoms with E-state index in [9.17, 15) is 4.79 Å². The maximum atomic E-state index is 12.0. The summed E-state index contributed by atoms with van der Waals surface area (Å²) in [5, 5.41) is 2.90. The van der Waals surface area contributed by atoms with E-state index in [1.807, 2.05) is 17.0 Å². The molecule has 0 spiro atoms. The van der Waals surface area contributed by atoms with Crippen LogP contribution in [-0.4, -0.2) is 24.0 Å². The fourth-order valence-electron chi connectivity index (χ4n) is 2.08. The summed E-state index contributed by atoms with van der Waals surface area (Å²) >= 11 is 0. The van der Waals surface area contributed by atoms with Crippen LogP contribution in [0.25, 0.3) is 0 Å². The van der Waals surface area contributed by atoms with E-state index in [2.05, 4.69) is 19.2 Å². The number of hydrogen-bond donors (Lipinski definition) is 2. The molecule has 0 aliphatic carbocycles. The normalized spacial score (nSPS) is 18.4. The number of nitrogen functional groups attached to an aromatic ring is 1. The smallest absolute Gasteiger partial charge is 0.321 e. The molecular weight excluding hydrogens is 226 g/mol. The van der Waals surface area contributed by atoms with Crippen LogP contribution >= 0.6 is 0 Å². The first kappa shape index (κ1) is 12.7. The van der Waals surface area contributed by atoms with Gasteiger partial charge in [0.25, 0.3) is 0 Å². The zero-order valence-electron chi connectivity index (χ0n) is 11.1. The second-order valence-corrected chi connectivity index (χ2v) is 5.70. The van der Waals surface area contributed by atoms with Crippen molar-refractivity contribution in [2.45, 2.75) is 26.7 Å². The highest BCUT2D eigenvalue weighted by Crippen LogP contribution is 2.29. The molecule has 1 aromatic carbocycles. The van der Waals surface area contributed by atoms with Gasteiger partial charge >= 0.3 is 6.03 Å². The van der Waals surface area contributed by atoms with Crippen molar-refractivity contribution >= 4 is 17.4 Å². The Kier molecular flexibility index (Phi) is 3.45. The summed E-state index contributed by atoms with van der Waals surface area (Å²) in [4.78, 5) is 13.9. The van der Waals surface area contributed by atoms with Gasteiger partial charge in [-0.15, -0.1) is 0 Å². The van der Waals surface area contributed by atoms with Gasteiger partial charge in [0.05, 0.1) is 0 Å². The summed E-state index contributed by atoms with van der Waals surface area (Å²) in [5.74, 6) is 0. The van der Waals surface area contributed by atoms with Gasteiger partial charge in [0.1, 0.15) is 0 Å². The Labute approximate surface area is 108 Å². The highest BCUT2D eigenvalue weighted by Gasteiger charge is 2.27. The highest BCUT2D eigenvalue weighted by molar-refractivity contribution is 5.89. The number of carbonyl (C=O) groups is 1. The quantitative estimate of drug-likeness (QED) is 0.750. The van der Waals surface area contributed by atoms with E-state index < -0.39 is 0 Å². The Hall–Kier alpha value is -1.71. The molecule has 0 saturated carbocycles. The monoisotopic (exact) mass is 247 g/mol. The maximum Gasteiger partial charge on any atom is 0.321 e. The van der Waals surface area contributed by atoms with E-state index in [0.717, 1.165) is 31.6 Å². The molecule has 0 unspecified atom stereocenters. The molecule has 4 nitrogen and oxygen atoms in total. The SMILES string of the molecule is CC1(C)CCN(C(=O)Nc2ccc(N)cc2)CC1. The van der Waals surface area contributed by atoms with Crippen LogP contribution in [0.2, 0.25) is 0 Å². The Balaban J connectivity index is 1.91. The van der Waals surface area contributed by atoms with E-state index in [1.165, 1.54) is 0 Å². The van der Waals surface area contributed by atoms with E-state index in [-0.39, 0.29) is 6.03 Å². The first-order valence-corrected chi connectivity index (χ1v) is 6.38. The van der Waals surface area contributed by atoms with E-state index >= 15 is 0 Å². The number of likely N-dealkylation sites (tertiary alicyclic amines) is 1. The van der Waals surface area contributed by atoms with Gasteiger partial charge < -0.3 is 16.0 Å². The van der Waals surface area contributed by atoms with Crippen LogP contribution in [-0.2, 0) is 0 Å². The van der Waals surface area contributed by atoms with Gasteiger partial charge in [-0.3, -0.25) is 0 Å². The summed E-state index contributed by atoms with van der Waals surface area (Å²) in [6.07, 6.45) is 2.12. The zero-order valence-corrected chi connectivity index (χ0v) is 11.1. The molecule has 0 atom stereocenters. The average molecular weight is 247 g/mol. The van der Waals surface area contributed by atoms with Gasteiger partial charge in [0.15, 0.2) is 0 Å². The van der Waals surface area contributed by atoms with Crippen LogP contribution in [0.3, 0.4) is 0 Å². The molecule has 18 heavy (non-hydrogen) atoms. The molecule has 4 heteroatoms. The van der Waals surface area contributed by atoms with Crippen molar-refractivity contribution in [3.63, 3.8) is 0 Å². The van der Waals surface area contributed by atoms with Gasteiger partial charge in [-0.1, -0.05) is 13.8 Å². The van der Waals surface area contributed by atoms with Crippen molar-refractivity contribution in [2.24, 2.45) is 5.41 Å². The van der Waals surface area contributed by atoms with E-state index in [1.54, 1.807) is 12.1 Å². The second kappa shape index (κ2) is 4.88. The predicted octanol–water partition coefficient (Wildman–Crippen LogP) is 2.92. The predicted molar refractivity (Wildman–Crippen MR) is 74.5 cm³/mol. The molecule has 2 rings (SSSR count). The van der Waals surface area contributed by atoms with Crippen LogP contribution in [0.5, 0.6) is 0 Å². The lowest BCUT2D eigenvalue weighted by Crippen LogP contribution is -2.43. The molecule has 3 N–H and O–H groups in total. The lowest BCUT2D eigenvalue weighted by molar-refractivity contribution is 0.149. The van der Waals surface area contributed by atoms with Crippen molar-refractivity contribution in [1.82, 2.24) is 4.90 Å². The number of piperidine rings is 1. The number of carbonyl (C=O) groups excluding carboxylic acids is 1. The number of nitrogens with one attached hydrogen (secondary N) is 1. The summed E-state index contributed by atoms with van der Waals surface area (Å²) < 4.78 is 0. The minimum Gasteiger partial charge on any atom is -0.399 e. The number of urea groups is 1. The number of benzene rings is 1. The third-order valence-corrected chi connectivity index (χ3v) is 3.57. The molecule has 98 valence electrons. The summed E-state index contributed by atoms with van der Waals surface area (Å²) in [6.45, 7) is 6.16. The summed E-state index contributed by atoms with van der Waals surface area (Å²) in [7, 11) is 0. The van der Waals surface area contributed by atoms with Crippen molar-refractivity contribution in [2.75, 3.05) is 24.1 Å². The Bertz CT molecular complexity index is 415. The molecule has 1 fully saturated rings. The fourth-order valence-corrected chi connectivity index (χ4v) is 2.08. The second-order valence-electron chi connectivity index (χ2n) is 5.70. The highest BCUT2D eigenvalue weighted by atomic mass is 16.2. The molecule has 2 amide bonds. The largest absolute Gasteiger partial charge is 0.399 e. The molecule has 0 radical (unpaired) electrons. The van der Waals surface area contributed by atoms with Gasteiger partial charge in [-0.2, -0.15) is 0 Å². The molecule has 0 bridgehead atoms. The van der Waals surface area contributed by atoms with Gasteiger partial charge in [-0.25, -0.2) is 4.79 Å². The molecule has 1 aromatic rings. The molecule has 1 aliphatic rings. The van der Waals surface area contributed by atoms with Crippen molar-refractivity contribution < 1.29 is 4.79 Å². The van der Waals surface area contributed by atoms with E-state index in [4.69, 9.17) is 5.73 Å². The standard InChI is InChI=1S/C14H21N3O/c1-14(2)7-9-17(10-8-14)13(18)16-12-5-3-11(15)4-6-12/h3-6H,7-10,15H2,1-2H3,(H,16,18). The van der Waals surface area contributed by atoms with Gasteiger partial charge in [0.2, 0.25) is 0 Å². The van der Waals surface area contributed by atoms with Gasteiger partial charge in [0, 0.05) is 24.5 Å². The van der Waals surface area contributed by atoms with Crippen LogP contribution in [0.15, 0.2) is 24.3 Å². The minimum atomic E-state index is -0.0183. The van der Waals surface area contributed by atoms with Crippen LogP contribution in [0, 0.1) is 5.41 Å². The lowest BCUT2D eigenvalue weighted by atomic mass is 9.83. The molecule has 0 aromatic heterocycles. The average Bonchev–Trinajstić information content (AvgIpc) is 2.32. The third kappa shape index (κ3) is 3.15. The van der Waals surface area contributed by atoms with Crippen molar-refractivity contribution in [3.05, 3.63) is 24.3 Å². The Morgan fingerprint density at radius 2 is 1.78 bits per heavy atom. The first-order valence-electron chi connectivity index (χ1n) is 6.38. The molecule has 1 saturated heterocycles. The number of rotatable bonds is 1. The van der Waals surface area contributed by atoms with E-state index in [0.29, 0.717) is 11.1 Å². The Morgan fingerprint density at radius 1 is 1.22 bits per heavy atom. The molecular formula is C14H21N3O. The number of nitrogens with zero attached hydrogens (tertiary/aromatic N) is 1. The number of anilines is 2. The first-order chi connectivity index (χ1) is 8.46. The lowest BCUT2D eigenvalue weighted by Gasteiger charge is -2.36. The molecule has 1 aliphatic heterocycles. The van der Waals surface area contributed by atoms with Crippen LogP contribution in [0.1, 0.15) is 26.7 Å². The minimum absolute atomic E-state index is 0.0183. The maximum absolute atomic E-state index is 12.0. The number of hydrogen-bond acceptors (Lipinski definition) is 2. The third-order valence-electron chi connectivity index (χ3n) is 3.57. The Morgan fingerprint density at radius 3 is 2.33 bits per heavy atom. The van der Waals surface area contributed by atoms with Crippen molar-refractivity contribution in [1.29, 1.82) is 0 Å². The number of amides is 2. The van der Waals surface area contributed by atoms with Crippen LogP contribution in [0.4, 0.5) is 16.2 Å². The molecule has 1 heterocycles. The summed E-state index contributed by atoms with van der Waals surface area (Å²) in [6, 6.07) is 7.20. The number of nitrogens with two attached hydrogens (primary N) is 1. The van der Waals surface area contributed by atoms with Crippen LogP contribution < -0.4 is 11.1 Å².